The molecule has 0 aliphatic rings. The van der Waals surface area contributed by atoms with Gasteiger partial charge in [0.1, 0.15) is 0 Å². The summed E-state index contributed by atoms with van der Waals surface area (Å²) in [6.45, 7) is 0. The maximum Gasteiger partial charge on any atom is 0.299 e. The van der Waals surface area contributed by atoms with Crippen LogP contribution < -0.4 is 0 Å². The zero-order chi connectivity index (χ0) is 6.99. The Bertz CT molecular complexity index is 75.4. The molecule has 0 rings (SSSR count). The highest BCUT2D eigenvalue weighted by molar-refractivity contribution is 7.73. The molecule has 0 aromatic carbocycles. The molecule has 0 aromatic rings. The van der Waals surface area contributed by atoms with E-state index in [-0.39, 0.29) is 0 Å². The van der Waals surface area contributed by atoms with Gasteiger partial charge >= 0.3 is 0 Å². The van der Waals surface area contributed by atoms with Crippen molar-refractivity contribution >= 4 is 34.6 Å². The van der Waals surface area contributed by atoms with Crippen molar-refractivity contribution in [2.45, 2.75) is 0 Å². The molecule has 0 radical (unpaired) electrons. The summed E-state index contributed by atoms with van der Waals surface area (Å²) in [4.78, 5) is 0. The van der Waals surface area contributed by atoms with Gasteiger partial charge in [0, 0.05) is 11.1 Å². The summed E-state index contributed by atoms with van der Waals surface area (Å²) in [5, 5.41) is 0. The Labute approximate surface area is 59.4 Å². The smallest absolute Gasteiger partial charge is 0.284 e. The molecule has 0 saturated heterocycles. The highest BCUT2D eigenvalue weighted by atomic mass is 35.5. The highest BCUT2D eigenvalue weighted by Gasteiger charge is 1.62. The second kappa shape index (κ2) is 10.4. The summed E-state index contributed by atoms with van der Waals surface area (Å²) >= 11 is 7.14. The van der Waals surface area contributed by atoms with E-state index in [1.165, 1.54) is 11.1 Å². The Hall–Kier alpha value is 0.390. The van der Waals surface area contributed by atoms with E-state index in [1.54, 1.807) is 0 Å². The number of halogens is 2. The molecule has 0 aromatic heterocycles. The minimum Gasteiger partial charge on any atom is -0.284 e. The van der Waals surface area contributed by atoms with Gasteiger partial charge < -0.3 is 0 Å². The fraction of sp³-hybridized carbons (Fsp3) is 0. The Balaban J connectivity index is 0. The average molecular weight is 179 g/mol. The summed E-state index contributed by atoms with van der Waals surface area (Å²) in [6.07, 6.45) is 0. The van der Waals surface area contributed by atoms with Crippen LogP contribution in [0.15, 0.2) is 11.1 Å². The van der Waals surface area contributed by atoms with Crippen molar-refractivity contribution in [1.82, 2.24) is 0 Å². The maximum absolute atomic E-state index is 8.67. The molecule has 0 aliphatic carbocycles. The molecule has 6 heteroatoms. The van der Waals surface area contributed by atoms with E-state index in [2.05, 4.69) is 0 Å². The van der Waals surface area contributed by atoms with Gasteiger partial charge in [0.25, 0.3) is 11.4 Å². The lowest BCUT2D eigenvalue weighted by Gasteiger charge is -1.59. The summed E-state index contributed by atoms with van der Waals surface area (Å²) in [6, 6.07) is 0. The van der Waals surface area contributed by atoms with Crippen LogP contribution in [-0.4, -0.2) is 13.3 Å². The van der Waals surface area contributed by atoms with E-state index >= 15 is 0 Å². The first kappa shape index (κ1) is 11.2. The van der Waals surface area contributed by atoms with Crippen molar-refractivity contribution in [3.05, 3.63) is 11.1 Å². The molecule has 0 amide bonds. The molecule has 0 unspecified atom stereocenters. The van der Waals surface area contributed by atoms with Gasteiger partial charge in [-0.15, -0.1) is 0 Å². The van der Waals surface area contributed by atoms with Crippen LogP contribution in [0, 0.1) is 0 Å². The van der Waals surface area contributed by atoms with E-state index in [0.29, 0.717) is 0 Å². The van der Waals surface area contributed by atoms with Crippen LogP contribution >= 0.6 is 23.2 Å². The third-order valence-electron chi connectivity index (χ3n) is 0.0476. The monoisotopic (exact) mass is 178 g/mol. The quantitative estimate of drug-likeness (QED) is 0.555. The molecule has 50 valence electrons. The van der Waals surface area contributed by atoms with Gasteiger partial charge in [0.15, 0.2) is 0 Å². The molecule has 0 bridgehead atoms. The standard InChI is InChI=1S/C2H2Cl2.H2O3S/c3-1-2-4;1-4(2)3/h1-2H;(H2,1,2,3). The predicted octanol–water partition coefficient (Wildman–Crippen LogP) is 1.62. The Morgan fingerprint density at radius 3 is 1.38 bits per heavy atom. The van der Waals surface area contributed by atoms with Crippen molar-refractivity contribution in [1.29, 1.82) is 0 Å². The minimum absolute atomic E-state index is 1.24. The summed E-state index contributed by atoms with van der Waals surface area (Å²) in [5.41, 5.74) is 2.48. The lowest BCUT2D eigenvalue weighted by atomic mass is 11.3. The van der Waals surface area contributed by atoms with Gasteiger partial charge in [-0.25, -0.2) is 0 Å². The zero-order valence-electron chi connectivity index (χ0n) is 3.62. The molecule has 0 heterocycles. The molecular formula is C2H4Cl2O3S. The van der Waals surface area contributed by atoms with Crippen LogP contribution in [0.1, 0.15) is 0 Å². The highest BCUT2D eigenvalue weighted by Crippen LogP contribution is 1.78. The van der Waals surface area contributed by atoms with Gasteiger partial charge in [-0.05, 0) is 0 Å². The molecule has 3 nitrogen and oxygen atoms in total. The predicted molar refractivity (Wildman–Crippen MR) is 34.2 cm³/mol. The molecule has 2 N–H and O–H groups in total. The summed E-state index contributed by atoms with van der Waals surface area (Å²) < 4.78 is 22.8. The van der Waals surface area contributed by atoms with Crippen LogP contribution in [0.5, 0.6) is 0 Å². The van der Waals surface area contributed by atoms with Gasteiger partial charge in [0.2, 0.25) is 0 Å². The number of hydrogen-bond acceptors (Lipinski definition) is 1. The molecular weight excluding hydrogens is 175 g/mol. The van der Waals surface area contributed by atoms with Gasteiger partial charge in [-0.1, -0.05) is 23.2 Å². The van der Waals surface area contributed by atoms with E-state index in [4.69, 9.17) is 36.5 Å². The largest absolute Gasteiger partial charge is 0.299 e. The normalized spacial score (nSPS) is 9.12. The first-order chi connectivity index (χ1) is 3.65. The van der Waals surface area contributed by atoms with Crippen LogP contribution in [0.25, 0.3) is 0 Å². The lowest BCUT2D eigenvalue weighted by molar-refractivity contribution is 0.454. The summed E-state index contributed by atoms with van der Waals surface area (Å²) in [7, 11) is 0. The average Bonchev–Trinajstić information content (AvgIpc) is 1.65. The molecule has 0 spiro atoms. The number of hydrogen-bond donors (Lipinski definition) is 2. The van der Waals surface area contributed by atoms with Gasteiger partial charge in [0.05, 0.1) is 0 Å². The van der Waals surface area contributed by atoms with E-state index in [0.717, 1.165) is 0 Å². The second-order valence-corrected chi connectivity index (χ2v) is 1.45. The fourth-order valence-electron chi connectivity index (χ4n) is 0. The maximum atomic E-state index is 8.67. The lowest BCUT2D eigenvalue weighted by Crippen LogP contribution is -1.74. The van der Waals surface area contributed by atoms with E-state index < -0.39 is 11.4 Å². The van der Waals surface area contributed by atoms with Crippen molar-refractivity contribution in [3.8, 4) is 0 Å². The Morgan fingerprint density at radius 1 is 1.25 bits per heavy atom. The van der Waals surface area contributed by atoms with E-state index in [1.807, 2.05) is 0 Å². The molecule has 0 aliphatic heterocycles. The third-order valence-corrected chi connectivity index (χ3v) is 0.429. The van der Waals surface area contributed by atoms with Crippen molar-refractivity contribution < 1.29 is 13.3 Å². The zero-order valence-corrected chi connectivity index (χ0v) is 5.95. The number of rotatable bonds is 0. The Morgan fingerprint density at radius 2 is 1.38 bits per heavy atom. The van der Waals surface area contributed by atoms with E-state index in [9.17, 15) is 0 Å². The second-order valence-electron chi connectivity index (χ2n) is 0.483. The Kier molecular flexibility index (Phi) is 14.6. The first-order valence-electron chi connectivity index (χ1n) is 1.30. The first-order valence-corrected chi connectivity index (χ1v) is 3.24. The van der Waals surface area contributed by atoms with Crippen LogP contribution in [0.2, 0.25) is 0 Å². The van der Waals surface area contributed by atoms with Crippen molar-refractivity contribution in [2.75, 3.05) is 0 Å². The van der Waals surface area contributed by atoms with Crippen LogP contribution in [-0.2, 0) is 11.4 Å². The summed E-state index contributed by atoms with van der Waals surface area (Å²) in [5.74, 6) is 0. The fourth-order valence-corrected chi connectivity index (χ4v) is 0. The topological polar surface area (TPSA) is 57.5 Å². The SMILES string of the molecule is ClC=CCl.O=S(O)O. The molecule has 8 heavy (non-hydrogen) atoms. The van der Waals surface area contributed by atoms with Gasteiger partial charge in [-0.2, -0.15) is 4.21 Å². The van der Waals surface area contributed by atoms with Gasteiger partial charge in [-0.3, -0.25) is 9.11 Å². The van der Waals surface area contributed by atoms with Crippen LogP contribution in [0.4, 0.5) is 0 Å². The minimum atomic E-state index is -2.61. The molecule has 0 fully saturated rings. The van der Waals surface area contributed by atoms with Crippen LogP contribution in [0.3, 0.4) is 0 Å². The third kappa shape index (κ3) is 96.1. The molecule has 0 saturated carbocycles. The van der Waals surface area contributed by atoms with Crippen molar-refractivity contribution in [2.24, 2.45) is 0 Å². The van der Waals surface area contributed by atoms with Crippen molar-refractivity contribution in [3.63, 3.8) is 0 Å². The molecule has 0 atom stereocenters.